The predicted octanol–water partition coefficient (Wildman–Crippen LogP) is 1.90. The molecule has 16 heavy (non-hydrogen) atoms. The Labute approximate surface area is 94.2 Å². The van der Waals surface area contributed by atoms with Crippen LogP contribution in [0.3, 0.4) is 0 Å². The third-order valence-electron chi connectivity index (χ3n) is 2.53. The summed E-state index contributed by atoms with van der Waals surface area (Å²) >= 11 is 0. The molecular weight excluding hydrogens is 204 g/mol. The SMILES string of the molecule is O=C(O)CN1CCCC1=Nc1ccccc1. The first-order chi connectivity index (χ1) is 7.75. The molecule has 1 aliphatic rings. The minimum atomic E-state index is -0.803. The maximum atomic E-state index is 10.7. The van der Waals surface area contributed by atoms with Crippen LogP contribution in [0.2, 0.25) is 0 Å². The Morgan fingerprint density at radius 3 is 2.81 bits per heavy atom. The molecule has 0 atom stereocenters. The summed E-state index contributed by atoms with van der Waals surface area (Å²) in [7, 11) is 0. The summed E-state index contributed by atoms with van der Waals surface area (Å²) < 4.78 is 0. The number of carboxylic acids is 1. The molecule has 0 aromatic heterocycles. The standard InChI is InChI=1S/C12H14N2O2/c15-12(16)9-14-8-4-7-11(14)13-10-5-2-1-3-6-10/h1-3,5-6H,4,7-9H2,(H,15,16). The van der Waals surface area contributed by atoms with Crippen molar-refractivity contribution < 1.29 is 9.90 Å². The number of para-hydroxylation sites is 1. The van der Waals surface area contributed by atoms with Gasteiger partial charge in [0.2, 0.25) is 0 Å². The molecule has 0 spiro atoms. The average Bonchev–Trinajstić information content (AvgIpc) is 2.66. The molecule has 1 fully saturated rings. The third kappa shape index (κ3) is 2.59. The number of aliphatic imine (C=N–C) groups is 1. The first kappa shape index (κ1) is 10.7. The van der Waals surface area contributed by atoms with E-state index in [2.05, 4.69) is 4.99 Å². The van der Waals surface area contributed by atoms with Gasteiger partial charge in [-0.25, -0.2) is 4.99 Å². The van der Waals surface area contributed by atoms with Gasteiger partial charge in [-0.2, -0.15) is 0 Å². The van der Waals surface area contributed by atoms with Gasteiger partial charge in [0.25, 0.3) is 0 Å². The predicted molar refractivity (Wildman–Crippen MR) is 62.0 cm³/mol. The number of nitrogens with zero attached hydrogens (tertiary/aromatic N) is 2. The fourth-order valence-corrected chi connectivity index (χ4v) is 1.83. The molecule has 0 aliphatic carbocycles. The van der Waals surface area contributed by atoms with Gasteiger partial charge in [0, 0.05) is 13.0 Å². The molecule has 0 amide bonds. The Morgan fingerprint density at radius 1 is 1.38 bits per heavy atom. The molecule has 1 aromatic carbocycles. The minimum absolute atomic E-state index is 0.0473. The van der Waals surface area contributed by atoms with E-state index < -0.39 is 5.97 Å². The smallest absolute Gasteiger partial charge is 0.323 e. The second kappa shape index (κ2) is 4.79. The van der Waals surface area contributed by atoms with E-state index in [-0.39, 0.29) is 6.54 Å². The summed E-state index contributed by atoms with van der Waals surface area (Å²) in [6, 6.07) is 9.63. The van der Waals surface area contributed by atoms with Gasteiger partial charge in [0.1, 0.15) is 12.4 Å². The number of aliphatic carboxylic acids is 1. The molecule has 1 saturated heterocycles. The van der Waals surface area contributed by atoms with Gasteiger partial charge >= 0.3 is 5.97 Å². The molecule has 2 rings (SSSR count). The second-order valence-electron chi connectivity index (χ2n) is 3.78. The second-order valence-corrected chi connectivity index (χ2v) is 3.78. The highest BCUT2D eigenvalue weighted by molar-refractivity contribution is 5.89. The van der Waals surface area contributed by atoms with Crippen LogP contribution in [-0.4, -0.2) is 34.9 Å². The lowest BCUT2D eigenvalue weighted by molar-refractivity contribution is -0.137. The summed E-state index contributed by atoms with van der Waals surface area (Å²) in [5.41, 5.74) is 0.884. The maximum absolute atomic E-state index is 10.7. The Bertz CT molecular complexity index is 401. The molecule has 1 N–H and O–H groups in total. The zero-order valence-electron chi connectivity index (χ0n) is 8.97. The molecule has 4 nitrogen and oxygen atoms in total. The number of hydrogen-bond donors (Lipinski definition) is 1. The van der Waals surface area contributed by atoms with Crippen molar-refractivity contribution in [1.29, 1.82) is 0 Å². The molecular formula is C12H14N2O2. The van der Waals surface area contributed by atoms with E-state index >= 15 is 0 Å². The van der Waals surface area contributed by atoms with Crippen LogP contribution < -0.4 is 0 Å². The van der Waals surface area contributed by atoms with Crippen LogP contribution in [0.25, 0.3) is 0 Å². The highest BCUT2D eigenvalue weighted by Gasteiger charge is 2.20. The van der Waals surface area contributed by atoms with Crippen LogP contribution in [0.5, 0.6) is 0 Å². The molecule has 1 heterocycles. The van der Waals surface area contributed by atoms with E-state index in [4.69, 9.17) is 5.11 Å². The van der Waals surface area contributed by atoms with Crippen LogP contribution in [0.4, 0.5) is 5.69 Å². The van der Waals surface area contributed by atoms with Crippen molar-refractivity contribution in [2.24, 2.45) is 4.99 Å². The summed E-state index contributed by atoms with van der Waals surface area (Å²) in [6.07, 6.45) is 1.85. The molecule has 1 aliphatic heterocycles. The van der Waals surface area contributed by atoms with Crippen molar-refractivity contribution in [1.82, 2.24) is 4.90 Å². The Kier molecular flexibility index (Phi) is 3.19. The number of carbonyl (C=O) groups is 1. The van der Waals surface area contributed by atoms with E-state index in [0.717, 1.165) is 30.9 Å². The van der Waals surface area contributed by atoms with Gasteiger partial charge in [0.15, 0.2) is 0 Å². The zero-order valence-corrected chi connectivity index (χ0v) is 8.97. The number of rotatable bonds is 3. The van der Waals surface area contributed by atoms with Gasteiger partial charge in [-0.15, -0.1) is 0 Å². The van der Waals surface area contributed by atoms with E-state index in [0.29, 0.717) is 0 Å². The monoisotopic (exact) mass is 218 g/mol. The van der Waals surface area contributed by atoms with Crippen molar-refractivity contribution in [3.05, 3.63) is 30.3 Å². The molecule has 0 saturated carbocycles. The van der Waals surface area contributed by atoms with E-state index in [1.54, 1.807) is 0 Å². The van der Waals surface area contributed by atoms with Crippen LogP contribution in [0.1, 0.15) is 12.8 Å². The Hall–Kier alpha value is -1.84. The van der Waals surface area contributed by atoms with Crippen LogP contribution in [0, 0.1) is 0 Å². The van der Waals surface area contributed by atoms with E-state index in [9.17, 15) is 4.79 Å². The molecule has 0 bridgehead atoms. The summed E-state index contributed by atoms with van der Waals surface area (Å²) in [6.45, 7) is 0.837. The van der Waals surface area contributed by atoms with Crippen molar-refractivity contribution in [2.75, 3.05) is 13.1 Å². The lowest BCUT2D eigenvalue weighted by Gasteiger charge is -2.15. The first-order valence-electron chi connectivity index (χ1n) is 5.35. The van der Waals surface area contributed by atoms with Crippen molar-refractivity contribution in [3.63, 3.8) is 0 Å². The van der Waals surface area contributed by atoms with Gasteiger partial charge in [-0.1, -0.05) is 18.2 Å². The fraction of sp³-hybridized carbons (Fsp3) is 0.333. The Balaban J connectivity index is 2.13. The Morgan fingerprint density at radius 2 is 2.12 bits per heavy atom. The topological polar surface area (TPSA) is 52.9 Å². The number of hydrogen-bond acceptors (Lipinski definition) is 2. The largest absolute Gasteiger partial charge is 0.480 e. The highest BCUT2D eigenvalue weighted by atomic mass is 16.4. The lowest BCUT2D eigenvalue weighted by Crippen LogP contribution is -2.30. The number of amidine groups is 1. The van der Waals surface area contributed by atoms with Crippen molar-refractivity contribution in [3.8, 4) is 0 Å². The summed E-state index contributed by atoms with van der Waals surface area (Å²) in [4.78, 5) is 17.0. The molecule has 1 aromatic rings. The first-order valence-corrected chi connectivity index (χ1v) is 5.35. The molecule has 4 heteroatoms. The summed E-state index contributed by atoms with van der Waals surface area (Å²) in [5, 5.41) is 8.76. The third-order valence-corrected chi connectivity index (χ3v) is 2.53. The number of carboxylic acid groups (broad SMARTS) is 1. The lowest BCUT2D eigenvalue weighted by atomic mass is 10.3. The molecule has 84 valence electrons. The highest BCUT2D eigenvalue weighted by Crippen LogP contribution is 2.17. The van der Waals surface area contributed by atoms with Crippen LogP contribution >= 0.6 is 0 Å². The summed E-state index contributed by atoms with van der Waals surface area (Å²) in [5.74, 6) is 0.0799. The van der Waals surface area contributed by atoms with E-state index in [1.807, 2.05) is 35.2 Å². The fourth-order valence-electron chi connectivity index (χ4n) is 1.83. The van der Waals surface area contributed by atoms with Crippen molar-refractivity contribution >= 4 is 17.5 Å². The number of benzene rings is 1. The van der Waals surface area contributed by atoms with Gasteiger partial charge in [-0.05, 0) is 18.6 Å². The number of likely N-dealkylation sites (tertiary alicyclic amines) is 1. The quantitative estimate of drug-likeness (QED) is 0.843. The van der Waals surface area contributed by atoms with E-state index in [1.165, 1.54) is 0 Å². The zero-order chi connectivity index (χ0) is 11.4. The van der Waals surface area contributed by atoms with Crippen LogP contribution in [0.15, 0.2) is 35.3 Å². The molecule has 0 unspecified atom stereocenters. The maximum Gasteiger partial charge on any atom is 0.323 e. The molecule has 0 radical (unpaired) electrons. The van der Waals surface area contributed by atoms with Gasteiger partial charge in [0.05, 0.1) is 5.69 Å². The average molecular weight is 218 g/mol. The van der Waals surface area contributed by atoms with Crippen molar-refractivity contribution in [2.45, 2.75) is 12.8 Å². The van der Waals surface area contributed by atoms with Crippen LogP contribution in [-0.2, 0) is 4.79 Å². The van der Waals surface area contributed by atoms with Gasteiger partial charge < -0.3 is 10.0 Å². The normalized spacial score (nSPS) is 18.0. The minimum Gasteiger partial charge on any atom is -0.480 e. The van der Waals surface area contributed by atoms with Gasteiger partial charge in [-0.3, -0.25) is 4.79 Å².